The fourth-order valence-corrected chi connectivity index (χ4v) is 2.29. The Morgan fingerprint density at radius 3 is 2.38 bits per heavy atom. The highest BCUT2D eigenvalue weighted by atomic mass is 19.4. The minimum Gasteiger partial charge on any atom is -0.457 e. The van der Waals surface area contributed by atoms with Crippen LogP contribution in [0.4, 0.5) is 13.2 Å². The molecule has 0 aliphatic carbocycles. The van der Waals surface area contributed by atoms with Gasteiger partial charge >= 0.3 is 6.18 Å². The van der Waals surface area contributed by atoms with Gasteiger partial charge < -0.3 is 4.74 Å². The lowest BCUT2D eigenvalue weighted by molar-refractivity contribution is -0.137. The molecule has 0 fully saturated rings. The Hall–Kier alpha value is -2.23. The smallest absolute Gasteiger partial charge is 0.416 e. The van der Waals surface area contributed by atoms with Gasteiger partial charge in [-0.2, -0.15) is 13.2 Å². The lowest BCUT2D eigenvalue weighted by Crippen LogP contribution is -2.05. The zero-order valence-corrected chi connectivity index (χ0v) is 13.9. The van der Waals surface area contributed by atoms with Crippen LogP contribution in [0.25, 0.3) is 5.76 Å². The van der Waals surface area contributed by atoms with Gasteiger partial charge in [-0.3, -0.25) is 0 Å². The Bertz CT molecular complexity index is 685. The van der Waals surface area contributed by atoms with Crippen LogP contribution >= 0.6 is 0 Å². The van der Waals surface area contributed by atoms with Crippen molar-refractivity contribution in [3.63, 3.8) is 0 Å². The number of unbranched alkanes of at least 4 members (excludes halogenated alkanes) is 2. The average molecular weight is 334 g/mol. The number of hydrogen-bond acceptors (Lipinski definition) is 1. The maximum atomic E-state index is 12.7. The minimum absolute atomic E-state index is 0.586. The second kappa shape index (κ2) is 8.04. The van der Waals surface area contributed by atoms with Crippen LogP contribution in [0.2, 0.25) is 0 Å². The van der Waals surface area contributed by atoms with Crippen LogP contribution in [-0.2, 0) is 6.18 Å². The summed E-state index contributed by atoms with van der Waals surface area (Å²) in [4.78, 5) is 0. The van der Waals surface area contributed by atoms with E-state index < -0.39 is 11.7 Å². The molecule has 0 radical (unpaired) electrons. The van der Waals surface area contributed by atoms with Crippen LogP contribution in [0.5, 0.6) is 5.75 Å². The molecule has 0 bridgehead atoms. The van der Waals surface area contributed by atoms with Crippen molar-refractivity contribution >= 4 is 5.76 Å². The van der Waals surface area contributed by atoms with Crippen molar-refractivity contribution in [2.45, 2.75) is 39.3 Å². The molecule has 0 aliphatic rings. The fraction of sp³-hybridized carbons (Fsp3) is 0.300. The number of rotatable bonds is 6. The van der Waals surface area contributed by atoms with Gasteiger partial charge in [0.25, 0.3) is 0 Å². The second-order valence-corrected chi connectivity index (χ2v) is 5.70. The molecule has 24 heavy (non-hydrogen) atoms. The van der Waals surface area contributed by atoms with E-state index in [2.05, 4.69) is 6.92 Å². The van der Waals surface area contributed by atoms with E-state index in [0.29, 0.717) is 17.1 Å². The number of aryl methyl sites for hydroxylation is 1. The van der Waals surface area contributed by atoms with Crippen molar-refractivity contribution in [1.29, 1.82) is 0 Å². The number of hydrogen-bond donors (Lipinski definition) is 0. The van der Waals surface area contributed by atoms with E-state index in [9.17, 15) is 13.2 Å². The molecule has 0 atom stereocenters. The third-order valence-electron chi connectivity index (χ3n) is 3.60. The zero-order valence-electron chi connectivity index (χ0n) is 13.9. The van der Waals surface area contributed by atoms with E-state index in [1.54, 1.807) is 0 Å². The lowest BCUT2D eigenvalue weighted by atomic mass is 10.1. The van der Waals surface area contributed by atoms with Gasteiger partial charge in [-0.25, -0.2) is 0 Å². The predicted molar refractivity (Wildman–Crippen MR) is 90.8 cm³/mol. The van der Waals surface area contributed by atoms with Gasteiger partial charge in [0, 0.05) is 5.56 Å². The van der Waals surface area contributed by atoms with E-state index in [4.69, 9.17) is 4.74 Å². The van der Waals surface area contributed by atoms with Crippen molar-refractivity contribution in [3.05, 3.63) is 71.3 Å². The Labute approximate surface area is 140 Å². The molecule has 4 heteroatoms. The first-order valence-corrected chi connectivity index (χ1v) is 8.02. The van der Waals surface area contributed by atoms with Gasteiger partial charge in [-0.05, 0) is 55.7 Å². The van der Waals surface area contributed by atoms with Gasteiger partial charge in [0.05, 0.1) is 5.56 Å². The van der Waals surface area contributed by atoms with Gasteiger partial charge in [0.2, 0.25) is 0 Å². The molecule has 0 spiro atoms. The molecular formula is C20H21F3O. The highest BCUT2D eigenvalue weighted by Crippen LogP contribution is 2.31. The van der Waals surface area contributed by atoms with Gasteiger partial charge in [-0.1, -0.05) is 37.6 Å². The van der Waals surface area contributed by atoms with Gasteiger partial charge in [0.1, 0.15) is 11.5 Å². The Balaban J connectivity index is 2.27. The number of ether oxygens (including phenoxy) is 1. The number of alkyl halides is 3. The lowest BCUT2D eigenvalue weighted by Gasteiger charge is -2.13. The summed E-state index contributed by atoms with van der Waals surface area (Å²) in [6.07, 6.45) is 0.470. The highest BCUT2D eigenvalue weighted by Gasteiger charge is 2.30. The number of benzene rings is 2. The third-order valence-corrected chi connectivity index (χ3v) is 3.60. The van der Waals surface area contributed by atoms with Crippen molar-refractivity contribution in [2.75, 3.05) is 0 Å². The zero-order chi connectivity index (χ0) is 17.6. The number of allylic oxidation sites excluding steroid dienone is 1. The standard InChI is InChI=1S/C20H21F3O/c1-3-4-5-9-19(24-18-8-6-7-15(2)14-18)16-10-12-17(13-11-16)20(21,22)23/h6-14H,3-5H2,1-2H3/b19-9-. The average Bonchev–Trinajstić information content (AvgIpc) is 2.53. The van der Waals surface area contributed by atoms with E-state index in [1.807, 2.05) is 37.3 Å². The van der Waals surface area contributed by atoms with Crippen LogP contribution in [0.1, 0.15) is 42.9 Å². The molecule has 128 valence electrons. The first-order chi connectivity index (χ1) is 11.4. The molecule has 2 aromatic rings. The highest BCUT2D eigenvalue weighted by molar-refractivity contribution is 5.62. The Morgan fingerprint density at radius 2 is 1.79 bits per heavy atom. The van der Waals surface area contributed by atoms with Crippen LogP contribution in [-0.4, -0.2) is 0 Å². The Morgan fingerprint density at radius 1 is 1.08 bits per heavy atom. The molecule has 0 N–H and O–H groups in total. The molecule has 0 unspecified atom stereocenters. The molecule has 0 saturated carbocycles. The second-order valence-electron chi connectivity index (χ2n) is 5.70. The molecule has 0 aliphatic heterocycles. The van der Waals surface area contributed by atoms with Crippen LogP contribution < -0.4 is 4.74 Å². The predicted octanol–water partition coefficient (Wildman–Crippen LogP) is 6.62. The fourth-order valence-electron chi connectivity index (χ4n) is 2.29. The summed E-state index contributed by atoms with van der Waals surface area (Å²) >= 11 is 0. The summed E-state index contributed by atoms with van der Waals surface area (Å²) in [5.74, 6) is 1.26. The van der Waals surface area contributed by atoms with Crippen LogP contribution in [0.15, 0.2) is 54.6 Å². The molecular weight excluding hydrogens is 313 g/mol. The molecule has 2 rings (SSSR count). The first kappa shape index (κ1) is 18.1. The molecule has 2 aromatic carbocycles. The summed E-state index contributed by atoms with van der Waals surface area (Å²) in [6.45, 7) is 4.05. The van der Waals surface area contributed by atoms with Crippen molar-refractivity contribution < 1.29 is 17.9 Å². The molecule has 0 amide bonds. The van der Waals surface area contributed by atoms with Crippen molar-refractivity contribution in [1.82, 2.24) is 0 Å². The summed E-state index contributed by atoms with van der Waals surface area (Å²) in [5, 5.41) is 0. The van der Waals surface area contributed by atoms with Crippen molar-refractivity contribution in [2.24, 2.45) is 0 Å². The largest absolute Gasteiger partial charge is 0.457 e. The van der Waals surface area contributed by atoms with E-state index in [1.165, 1.54) is 12.1 Å². The number of halogens is 3. The summed E-state index contributed by atoms with van der Waals surface area (Å²) in [5.41, 5.74) is 1.04. The van der Waals surface area contributed by atoms with Crippen molar-refractivity contribution in [3.8, 4) is 5.75 Å². The van der Waals surface area contributed by atoms with Gasteiger partial charge in [0.15, 0.2) is 0 Å². The first-order valence-electron chi connectivity index (χ1n) is 8.02. The Kier molecular flexibility index (Phi) is 6.07. The molecule has 0 heterocycles. The third kappa shape index (κ3) is 5.15. The summed E-state index contributed by atoms with van der Waals surface area (Å²) < 4.78 is 44.1. The maximum Gasteiger partial charge on any atom is 0.416 e. The normalized spacial score (nSPS) is 12.3. The topological polar surface area (TPSA) is 9.23 Å². The molecule has 0 saturated heterocycles. The monoisotopic (exact) mass is 334 g/mol. The maximum absolute atomic E-state index is 12.7. The minimum atomic E-state index is -4.33. The van der Waals surface area contributed by atoms with E-state index in [-0.39, 0.29) is 0 Å². The van der Waals surface area contributed by atoms with Gasteiger partial charge in [-0.15, -0.1) is 0 Å². The SMILES string of the molecule is CCCC/C=C(\Oc1cccc(C)c1)c1ccc(C(F)(F)F)cc1. The molecule has 1 nitrogen and oxygen atoms in total. The molecule has 0 aromatic heterocycles. The van der Waals surface area contributed by atoms with Crippen LogP contribution in [0, 0.1) is 6.92 Å². The van der Waals surface area contributed by atoms with Crippen LogP contribution in [0.3, 0.4) is 0 Å². The summed E-state index contributed by atoms with van der Waals surface area (Å²) in [6, 6.07) is 12.7. The summed E-state index contributed by atoms with van der Waals surface area (Å²) in [7, 11) is 0. The van der Waals surface area contributed by atoms with E-state index >= 15 is 0 Å². The van der Waals surface area contributed by atoms with E-state index in [0.717, 1.165) is 37.0 Å². The quantitative estimate of drug-likeness (QED) is 0.426.